The maximum absolute atomic E-state index is 11.9. The Morgan fingerprint density at radius 2 is 0.693 bits per heavy atom. The number of likely N-dealkylation sites (N-methyl/N-ethyl adjacent to an activating group) is 1. The predicted octanol–water partition coefficient (Wildman–Crippen LogP) is 24.8. The molecule has 27 nitrogen and oxygen atoms in total. The fourth-order valence-electron chi connectivity index (χ4n) is 13.2. The number of aromatic nitrogens is 12. The molecule has 0 saturated carbocycles. The Balaban J connectivity index is 0.000000165. The van der Waals surface area contributed by atoms with Gasteiger partial charge in [0.25, 0.3) is 5.91 Å². The van der Waals surface area contributed by atoms with E-state index in [0.717, 1.165) is 173 Å². The second-order valence-corrected chi connectivity index (χ2v) is 43.8. The summed E-state index contributed by atoms with van der Waals surface area (Å²) in [6, 6.07) is 42.0. The van der Waals surface area contributed by atoms with Crippen LogP contribution in [0.1, 0.15) is 196 Å². The molecule has 15 aromatic rings. The average Bonchev–Trinajstić information content (AvgIpc) is 1.79. The van der Waals surface area contributed by atoms with Gasteiger partial charge in [0, 0.05) is 147 Å². The quantitative estimate of drug-likeness (QED) is 0.0355. The van der Waals surface area contributed by atoms with Gasteiger partial charge >= 0.3 is 0 Å². The zero-order chi connectivity index (χ0) is 100. The second kappa shape index (κ2) is 43.8. The zero-order valence-electron chi connectivity index (χ0n) is 85.2. The van der Waals surface area contributed by atoms with Crippen molar-refractivity contribution in [3.8, 4) is 103 Å². The van der Waals surface area contributed by atoms with Crippen LogP contribution < -0.4 is 59.6 Å². The van der Waals surface area contributed by atoms with Crippen molar-refractivity contribution in [1.29, 1.82) is 0 Å². The first-order valence-corrected chi connectivity index (χ1v) is 48.6. The number of hydrogen-bond donors (Lipinski definition) is 5. The van der Waals surface area contributed by atoms with Crippen LogP contribution in [0.5, 0.6) is 46.0 Å². The standard InChI is InChI=1S/C23H30N4O3S.C23H32N4O2S.C23H31N3O3S.2C19H21N3O/c1-14(2)24-22-26-19(13-31-22)18-11-20(30-23(3,4)5)16-9-8-15(10-17(16)25-18)29-12-21(28)27(6)7;1-14(2)25-21-27-19(12-30-21)18-11-20(29-22(3,4)5)16-9-8-15(10-17(16)26-18)28-13-23(6,7)24;1-14(2)24-21-26-19(12-30-21)18-11-20(29-22(3,4)5)16-9-8-15(10-17(16)25-18)28-13-23(6,7)27;1-12-6-7-14-15(8-12)22-16(9-18(14)23-19(3,4)5)17-11-20-10-13(2)21-17;1-12-6-7-14-15(10-12)22-16(11-17(14)23-19(3,4)5)18-20-9-8-13(2)21-18/h8-11,13-14H,12H2,1-7H3,(H,24,26);8-12,14H,13,24H2,1-7H3,(H,25,27);8-12,14,27H,13H2,1-7H3,(H,24,26);2*6-11H,1-5H3. The maximum Gasteiger partial charge on any atom is 0.259 e. The van der Waals surface area contributed by atoms with Crippen molar-refractivity contribution in [2.24, 2.45) is 5.73 Å². The highest BCUT2D eigenvalue weighted by Crippen LogP contribution is 2.42. The maximum atomic E-state index is 11.9. The Kier molecular flexibility index (Phi) is 33.5. The fraction of sp³-hybridized carbons (Fsp3) is 0.411. The van der Waals surface area contributed by atoms with Crippen molar-refractivity contribution < 1.29 is 47.8 Å². The minimum absolute atomic E-state index is 0.0279. The van der Waals surface area contributed by atoms with Crippen LogP contribution in [0.25, 0.3) is 112 Å². The molecule has 0 spiro atoms. The number of nitrogens with zero attached hydrogens (tertiary/aromatic N) is 13. The molecule has 0 bridgehead atoms. The molecule has 0 aliphatic rings. The van der Waals surface area contributed by atoms with Crippen LogP contribution in [0.3, 0.4) is 0 Å². The van der Waals surface area contributed by atoms with Gasteiger partial charge in [-0.1, -0.05) is 12.1 Å². The smallest absolute Gasteiger partial charge is 0.259 e. The molecule has 0 aliphatic heterocycles. The van der Waals surface area contributed by atoms with Gasteiger partial charge in [0.1, 0.15) is 116 Å². The van der Waals surface area contributed by atoms with Crippen LogP contribution in [0.4, 0.5) is 15.4 Å². The summed E-state index contributed by atoms with van der Waals surface area (Å²) in [6.45, 7) is 58.8. The molecule has 10 aromatic heterocycles. The van der Waals surface area contributed by atoms with E-state index in [1.165, 1.54) is 10.5 Å². The van der Waals surface area contributed by atoms with Crippen molar-refractivity contribution in [2.75, 3.05) is 49.9 Å². The van der Waals surface area contributed by atoms with E-state index in [9.17, 15) is 9.90 Å². The van der Waals surface area contributed by atoms with E-state index >= 15 is 0 Å². The first-order chi connectivity index (χ1) is 63.9. The first kappa shape index (κ1) is 105. The normalized spacial score (nSPS) is 12.0. The van der Waals surface area contributed by atoms with Crippen LogP contribution in [-0.4, -0.2) is 167 Å². The van der Waals surface area contributed by atoms with Gasteiger partial charge < -0.3 is 69.6 Å². The number of carbonyl (C=O) groups is 1. The highest BCUT2D eigenvalue weighted by molar-refractivity contribution is 7.14. The van der Waals surface area contributed by atoms with Crippen LogP contribution in [0.2, 0.25) is 0 Å². The molecule has 30 heteroatoms. The molecular formula is C107H135N17O10S3. The number of rotatable bonds is 25. The summed E-state index contributed by atoms with van der Waals surface area (Å²) in [5.74, 6) is 6.36. The monoisotopic (exact) mass is 1910 g/mol. The minimum atomic E-state index is -0.912. The third-order valence-corrected chi connectivity index (χ3v) is 21.1. The van der Waals surface area contributed by atoms with Gasteiger partial charge in [-0.15, -0.1) is 34.0 Å². The molecule has 726 valence electrons. The Hall–Kier alpha value is -12.6. The first-order valence-electron chi connectivity index (χ1n) is 45.9. The van der Waals surface area contributed by atoms with E-state index < -0.39 is 11.1 Å². The molecule has 1 amide bonds. The molecule has 0 saturated heterocycles. The van der Waals surface area contributed by atoms with Crippen LogP contribution >= 0.6 is 34.0 Å². The van der Waals surface area contributed by atoms with Gasteiger partial charge in [0.15, 0.2) is 27.8 Å². The van der Waals surface area contributed by atoms with E-state index in [1.807, 2.05) is 239 Å². The highest BCUT2D eigenvalue weighted by atomic mass is 32.1. The number of pyridine rings is 5. The number of nitrogens with one attached hydrogen (secondary N) is 3. The molecule has 5 aromatic carbocycles. The summed E-state index contributed by atoms with van der Waals surface area (Å²) in [6.07, 6.45) is 5.23. The summed E-state index contributed by atoms with van der Waals surface area (Å²) in [7, 11) is 3.40. The van der Waals surface area contributed by atoms with Gasteiger partial charge in [-0.3, -0.25) is 9.78 Å². The number of amides is 1. The predicted molar refractivity (Wildman–Crippen MR) is 561 cm³/mol. The molecule has 0 fully saturated rings. The number of thiazole rings is 3. The SMILES string of the molecule is CC(C)Nc1nc(-c2cc(OC(C)(C)C)c3ccc(OCC(=O)N(C)C)cc3n2)cs1.CC(C)Nc1nc(-c2cc(OC(C)(C)C)c3ccc(OCC(C)(C)N)cc3n2)cs1.CC(C)Nc1nc(-c2cc(OC(C)(C)C)c3ccc(OCC(C)(C)O)cc3n2)cs1.Cc1ccc2c(OC(C)(C)C)cc(-c3cncc(C)n3)nc2c1.Cc1ccc2c(OC(C)(C)C)cc(-c3nccc(C)n3)nc2c1. The summed E-state index contributed by atoms with van der Waals surface area (Å²) < 4.78 is 48.4. The number of nitrogens with two attached hydrogens (primary N) is 1. The number of carbonyl (C=O) groups excluding carboxylic acids is 1. The highest BCUT2D eigenvalue weighted by Gasteiger charge is 2.27. The van der Waals surface area contributed by atoms with Gasteiger partial charge in [0.05, 0.1) is 67.9 Å². The van der Waals surface area contributed by atoms with Crippen LogP contribution in [0.15, 0.2) is 162 Å². The fourth-order valence-corrected chi connectivity index (χ4v) is 15.8. The average molecular weight is 1920 g/mol. The number of anilines is 3. The summed E-state index contributed by atoms with van der Waals surface area (Å²) >= 11 is 4.67. The Labute approximate surface area is 818 Å². The van der Waals surface area contributed by atoms with Crippen molar-refractivity contribution in [3.63, 3.8) is 0 Å². The second-order valence-electron chi connectivity index (χ2n) is 41.2. The number of aryl methyl sites for hydroxylation is 4. The van der Waals surface area contributed by atoms with Crippen molar-refractivity contribution in [3.05, 3.63) is 185 Å². The van der Waals surface area contributed by atoms with E-state index in [4.69, 9.17) is 73.5 Å². The molecule has 6 N–H and O–H groups in total. The Morgan fingerprint density at radius 3 is 1.01 bits per heavy atom. The number of benzene rings is 5. The number of aliphatic hydroxyl groups is 1. The Morgan fingerprint density at radius 1 is 0.372 bits per heavy atom. The van der Waals surface area contributed by atoms with E-state index in [-0.39, 0.29) is 47.1 Å². The van der Waals surface area contributed by atoms with E-state index in [2.05, 4.69) is 138 Å². The summed E-state index contributed by atoms with van der Waals surface area (Å²) in [5.41, 5.74) is 18.2. The topological polar surface area (TPSA) is 331 Å². The number of fused-ring (bicyclic) bond motifs is 5. The lowest BCUT2D eigenvalue weighted by Crippen LogP contribution is -2.38. The lowest BCUT2D eigenvalue weighted by molar-refractivity contribution is -0.130. The van der Waals surface area contributed by atoms with Gasteiger partial charge in [-0.05, 0) is 279 Å². The van der Waals surface area contributed by atoms with Crippen LogP contribution in [-0.2, 0) is 4.79 Å². The lowest BCUT2D eigenvalue weighted by atomic mass is 10.1. The lowest BCUT2D eigenvalue weighted by Gasteiger charge is -2.23. The number of ether oxygens (including phenoxy) is 8. The largest absolute Gasteiger partial charge is 0.492 e. The van der Waals surface area contributed by atoms with Crippen molar-refractivity contribution in [1.82, 2.24) is 64.7 Å². The van der Waals surface area contributed by atoms with E-state index in [1.54, 1.807) is 80.5 Å². The molecular weight excluding hydrogens is 1780 g/mol. The van der Waals surface area contributed by atoms with Crippen molar-refractivity contribution in [2.45, 2.75) is 258 Å². The molecule has 15 rings (SSSR count). The summed E-state index contributed by atoms with van der Waals surface area (Å²) in [4.78, 5) is 69.0. The van der Waals surface area contributed by atoms with Gasteiger partial charge in [-0.2, -0.15) is 0 Å². The molecule has 10 heterocycles. The zero-order valence-corrected chi connectivity index (χ0v) is 87.6. The van der Waals surface area contributed by atoms with Crippen LogP contribution in [0, 0.1) is 27.7 Å². The molecule has 137 heavy (non-hydrogen) atoms. The van der Waals surface area contributed by atoms with E-state index in [0.29, 0.717) is 42.1 Å². The molecule has 0 aliphatic carbocycles. The van der Waals surface area contributed by atoms with Crippen molar-refractivity contribution >= 4 is 110 Å². The third kappa shape index (κ3) is 32.3. The Bertz CT molecular complexity index is 6370. The summed E-state index contributed by atoms with van der Waals surface area (Å²) in [5, 5.41) is 33.2. The van der Waals surface area contributed by atoms with Gasteiger partial charge in [-0.25, -0.2) is 54.8 Å². The third-order valence-electron chi connectivity index (χ3n) is 18.8. The minimum Gasteiger partial charge on any atom is -0.492 e. The molecule has 0 atom stereocenters. The molecule has 0 unspecified atom stereocenters. The van der Waals surface area contributed by atoms with Gasteiger partial charge in [0.2, 0.25) is 0 Å². The molecule has 0 radical (unpaired) electrons. The number of hydrogen-bond acceptors (Lipinski definition) is 29.